The third kappa shape index (κ3) is 6.31. The van der Waals surface area contributed by atoms with Crippen LogP contribution in [0.1, 0.15) is 35.6 Å². The molecule has 2 nitrogen and oxygen atoms in total. The van der Waals surface area contributed by atoms with Crippen molar-refractivity contribution < 1.29 is 9.47 Å². The molecule has 0 amide bonds. The molecule has 0 fully saturated rings. The lowest BCUT2D eigenvalue weighted by molar-refractivity contribution is 0.408. The van der Waals surface area contributed by atoms with Crippen molar-refractivity contribution in [1.82, 2.24) is 0 Å². The van der Waals surface area contributed by atoms with Gasteiger partial charge in [-0.15, -0.1) is 0 Å². The number of aryl methyl sites for hydroxylation is 4. The molecule has 4 rings (SSSR count). The quantitative estimate of drug-likeness (QED) is 0.196. The van der Waals surface area contributed by atoms with E-state index in [-0.39, 0.29) is 0 Å². The van der Waals surface area contributed by atoms with E-state index >= 15 is 0 Å². The lowest BCUT2D eigenvalue weighted by Crippen LogP contribution is -2.22. The summed E-state index contributed by atoms with van der Waals surface area (Å²) in [5.41, 5.74) is 5.39. The van der Waals surface area contributed by atoms with Crippen LogP contribution in [0.25, 0.3) is 0 Å². The van der Waals surface area contributed by atoms with E-state index in [1.807, 2.05) is 0 Å². The number of rotatable bonds is 10. The van der Waals surface area contributed by atoms with Crippen molar-refractivity contribution in [1.29, 1.82) is 0 Å². The summed E-state index contributed by atoms with van der Waals surface area (Å²) in [6, 6.07) is 31.6. The first kappa shape index (κ1) is 28.4. The first-order valence-corrected chi connectivity index (χ1v) is 16.2. The van der Waals surface area contributed by atoms with Crippen molar-refractivity contribution in [3.8, 4) is 11.5 Å². The van der Waals surface area contributed by atoms with E-state index in [0.29, 0.717) is 5.66 Å². The highest BCUT2D eigenvalue weighted by atomic mass is 31.1. The smallest absolute Gasteiger partial charge is 0.124 e. The predicted octanol–water partition coefficient (Wildman–Crippen LogP) is 7.28. The van der Waals surface area contributed by atoms with Gasteiger partial charge in [-0.2, -0.15) is 0 Å². The van der Waals surface area contributed by atoms with Gasteiger partial charge in [-0.05, 0) is 130 Å². The maximum absolute atomic E-state index is 5.71. The van der Waals surface area contributed by atoms with Crippen LogP contribution in [0.3, 0.4) is 0 Å². The van der Waals surface area contributed by atoms with Crippen molar-refractivity contribution in [2.45, 2.75) is 46.7 Å². The third-order valence-electron chi connectivity index (χ3n) is 7.20. The molecule has 0 unspecified atom stereocenters. The van der Waals surface area contributed by atoms with Crippen LogP contribution in [0.2, 0.25) is 0 Å². The molecule has 0 heterocycles. The molecule has 4 aromatic carbocycles. The topological polar surface area (TPSA) is 18.5 Å². The highest BCUT2D eigenvalue weighted by molar-refractivity contribution is 7.74. The number of ether oxygens (including phenoxy) is 2. The summed E-state index contributed by atoms with van der Waals surface area (Å²) in [6.07, 6.45) is 2.31. The first-order chi connectivity index (χ1) is 18.3. The normalized spacial score (nSPS) is 12.1. The van der Waals surface area contributed by atoms with Gasteiger partial charge in [0.25, 0.3) is 0 Å². The third-order valence-corrected chi connectivity index (χ3v) is 12.5. The monoisotopic (exact) mass is 542 g/mol. The van der Waals surface area contributed by atoms with Gasteiger partial charge in [0.15, 0.2) is 0 Å². The Morgan fingerprint density at radius 3 is 1.29 bits per heavy atom. The highest BCUT2D eigenvalue weighted by Gasteiger charge is 2.24. The summed E-state index contributed by atoms with van der Waals surface area (Å²) < 4.78 is 11.4. The Hall–Kier alpha value is -2.66. The molecule has 0 bridgehead atoms. The van der Waals surface area contributed by atoms with Crippen LogP contribution in [-0.4, -0.2) is 26.0 Å². The second-order valence-corrected chi connectivity index (χ2v) is 15.0. The molecule has 0 saturated heterocycles. The van der Waals surface area contributed by atoms with Gasteiger partial charge in [-0.25, -0.2) is 0 Å². The minimum atomic E-state index is -0.546. The molecule has 0 radical (unpaired) electrons. The zero-order valence-corrected chi connectivity index (χ0v) is 25.6. The Morgan fingerprint density at radius 2 is 0.947 bits per heavy atom. The fourth-order valence-corrected chi connectivity index (χ4v) is 11.2. The van der Waals surface area contributed by atoms with Crippen molar-refractivity contribution in [3.63, 3.8) is 0 Å². The highest BCUT2D eigenvalue weighted by Crippen LogP contribution is 2.45. The van der Waals surface area contributed by atoms with Crippen LogP contribution in [0.4, 0.5) is 0 Å². The van der Waals surface area contributed by atoms with E-state index in [2.05, 4.69) is 120 Å². The summed E-state index contributed by atoms with van der Waals surface area (Å²) >= 11 is 0. The maximum atomic E-state index is 5.71. The number of hydrogen-bond donors (Lipinski definition) is 0. The van der Waals surface area contributed by atoms with Gasteiger partial charge in [0.05, 0.1) is 14.2 Å². The fraction of sp³-hybridized carbons (Fsp3) is 0.294. The van der Waals surface area contributed by atoms with E-state index in [9.17, 15) is 0 Å². The summed E-state index contributed by atoms with van der Waals surface area (Å²) in [5.74, 6) is 1.99. The molecule has 4 aromatic rings. The van der Waals surface area contributed by atoms with Crippen LogP contribution in [0, 0.1) is 27.7 Å². The van der Waals surface area contributed by atoms with Gasteiger partial charge in [-0.1, -0.05) is 67.6 Å². The van der Waals surface area contributed by atoms with E-state index in [0.717, 1.165) is 24.1 Å². The van der Waals surface area contributed by atoms with Gasteiger partial charge in [0.1, 0.15) is 11.5 Å². The zero-order chi connectivity index (χ0) is 27.2. The average Bonchev–Trinajstić information content (AvgIpc) is 2.90. The lowest BCUT2D eigenvalue weighted by atomic mass is 10.1. The van der Waals surface area contributed by atoms with Gasteiger partial charge in [-0.3, -0.25) is 0 Å². The minimum Gasteiger partial charge on any atom is -0.496 e. The number of hydrogen-bond acceptors (Lipinski definition) is 2. The summed E-state index contributed by atoms with van der Waals surface area (Å²) in [7, 11) is 2.54. The fourth-order valence-electron chi connectivity index (χ4n) is 5.50. The molecular formula is C34H40O2P2. The predicted molar refractivity (Wildman–Crippen MR) is 169 cm³/mol. The zero-order valence-electron chi connectivity index (χ0n) is 23.8. The lowest BCUT2D eigenvalue weighted by Gasteiger charge is -2.28. The largest absolute Gasteiger partial charge is 0.496 e. The van der Waals surface area contributed by atoms with Gasteiger partial charge in [0, 0.05) is 0 Å². The van der Waals surface area contributed by atoms with Crippen LogP contribution in [0.5, 0.6) is 11.5 Å². The van der Waals surface area contributed by atoms with Crippen LogP contribution in [-0.2, 0) is 0 Å². The van der Waals surface area contributed by atoms with Gasteiger partial charge >= 0.3 is 0 Å². The van der Waals surface area contributed by atoms with Gasteiger partial charge < -0.3 is 9.47 Å². The maximum Gasteiger partial charge on any atom is 0.124 e. The molecule has 0 aliphatic carbocycles. The first-order valence-electron chi connectivity index (χ1n) is 13.3. The molecule has 198 valence electrons. The molecule has 0 N–H and O–H groups in total. The van der Waals surface area contributed by atoms with Crippen molar-refractivity contribution in [2.75, 3.05) is 20.4 Å². The van der Waals surface area contributed by atoms with E-state index < -0.39 is 15.8 Å². The van der Waals surface area contributed by atoms with Gasteiger partial charge in [0.2, 0.25) is 0 Å². The van der Waals surface area contributed by atoms with E-state index in [1.165, 1.54) is 43.5 Å². The van der Waals surface area contributed by atoms with Crippen LogP contribution in [0.15, 0.2) is 84.9 Å². The van der Waals surface area contributed by atoms with E-state index in [1.54, 1.807) is 14.2 Å². The standard InChI is InChI=1S/C34H40O2P2/c1-24-20-31(21-25(2)33(24)35-6)37(32-22-26(3)34(36-7)27(4)23-32)19-18-28(5)38(29-14-10-8-11-15-29)30-16-12-9-13-17-30/h8-17,20-23,28H,18-19H2,1-7H3/t28-/m1/s1. The molecule has 0 saturated carbocycles. The molecule has 38 heavy (non-hydrogen) atoms. The minimum absolute atomic E-state index is 0.451. The second kappa shape index (κ2) is 12.9. The molecule has 1 atom stereocenters. The Bertz CT molecular complexity index is 1210. The van der Waals surface area contributed by atoms with Crippen molar-refractivity contribution in [2.24, 2.45) is 0 Å². The van der Waals surface area contributed by atoms with Crippen LogP contribution < -0.4 is 30.7 Å². The Morgan fingerprint density at radius 1 is 0.579 bits per heavy atom. The summed E-state index contributed by atoms with van der Waals surface area (Å²) in [5, 5.41) is 5.77. The second-order valence-electron chi connectivity index (χ2n) is 10.1. The molecule has 0 aliphatic heterocycles. The van der Waals surface area contributed by atoms with Crippen molar-refractivity contribution in [3.05, 3.63) is 107 Å². The van der Waals surface area contributed by atoms with Crippen LogP contribution >= 0.6 is 15.8 Å². The Labute approximate surface area is 231 Å². The number of methoxy groups -OCH3 is 2. The molecule has 0 spiro atoms. The molecule has 0 aromatic heterocycles. The summed E-state index contributed by atoms with van der Waals surface area (Å²) in [4.78, 5) is 0. The molecular weight excluding hydrogens is 502 g/mol. The Balaban J connectivity index is 1.72. The van der Waals surface area contributed by atoms with Crippen molar-refractivity contribution >= 4 is 37.1 Å². The average molecular weight is 543 g/mol. The summed E-state index contributed by atoms with van der Waals surface area (Å²) in [6.45, 7) is 11.1. The SMILES string of the molecule is COc1c(C)cc(P(CC[C@@H](C)P(c2ccccc2)c2ccccc2)c2cc(C)c(OC)c(C)c2)cc1C. The molecule has 4 heteroatoms. The molecule has 0 aliphatic rings. The Kier molecular flexibility index (Phi) is 9.64. The van der Waals surface area contributed by atoms with E-state index in [4.69, 9.17) is 9.47 Å². The number of benzene rings is 4.